The number of benzene rings is 1. The van der Waals surface area contributed by atoms with Crippen molar-refractivity contribution in [1.29, 1.82) is 0 Å². The zero-order valence-electron chi connectivity index (χ0n) is 11.0. The summed E-state index contributed by atoms with van der Waals surface area (Å²) in [6, 6.07) is 7.29. The van der Waals surface area contributed by atoms with Crippen LogP contribution in [-0.2, 0) is 4.74 Å². The average molecular weight is 264 g/mol. The fraction of sp³-hybridized carbons (Fsp3) is 0.500. The largest absolute Gasteiger partial charge is 0.494 e. The minimum Gasteiger partial charge on any atom is -0.494 e. The molecule has 0 unspecified atom stereocenters. The van der Waals surface area contributed by atoms with E-state index in [4.69, 9.17) is 15.2 Å². The molecule has 0 aliphatic carbocycles. The van der Waals surface area contributed by atoms with Crippen molar-refractivity contribution in [3.63, 3.8) is 0 Å². The minimum absolute atomic E-state index is 0.0348. The molecule has 1 heterocycles. The molecule has 0 aromatic heterocycles. The highest BCUT2D eigenvalue weighted by atomic mass is 16.5. The molecule has 1 amide bonds. The number of morpholine rings is 1. The molecule has 1 aromatic rings. The Kier molecular flexibility index (Phi) is 5.18. The smallest absolute Gasteiger partial charge is 0.254 e. The van der Waals surface area contributed by atoms with Crippen molar-refractivity contribution in [3.05, 3.63) is 29.8 Å². The molecule has 5 heteroatoms. The van der Waals surface area contributed by atoms with Crippen molar-refractivity contribution in [2.24, 2.45) is 5.73 Å². The molecule has 0 atom stereocenters. The van der Waals surface area contributed by atoms with Gasteiger partial charge in [-0.15, -0.1) is 0 Å². The predicted molar refractivity (Wildman–Crippen MR) is 72.3 cm³/mol. The van der Waals surface area contributed by atoms with Gasteiger partial charge in [-0.2, -0.15) is 0 Å². The maximum Gasteiger partial charge on any atom is 0.254 e. The lowest BCUT2D eigenvalue weighted by atomic mass is 10.2. The second-order valence-electron chi connectivity index (χ2n) is 4.42. The van der Waals surface area contributed by atoms with E-state index in [-0.39, 0.29) is 5.91 Å². The number of hydrogen-bond donors (Lipinski definition) is 1. The third-order valence-electron chi connectivity index (χ3n) is 3.00. The van der Waals surface area contributed by atoms with Crippen LogP contribution in [0.2, 0.25) is 0 Å². The van der Waals surface area contributed by atoms with E-state index >= 15 is 0 Å². The molecule has 1 aromatic carbocycles. The number of amides is 1. The highest BCUT2D eigenvalue weighted by Gasteiger charge is 2.18. The highest BCUT2D eigenvalue weighted by Crippen LogP contribution is 2.15. The fourth-order valence-corrected chi connectivity index (χ4v) is 1.94. The van der Waals surface area contributed by atoms with Crippen LogP contribution in [0.1, 0.15) is 16.8 Å². The van der Waals surface area contributed by atoms with Gasteiger partial charge in [-0.05, 0) is 31.2 Å². The van der Waals surface area contributed by atoms with E-state index in [0.29, 0.717) is 50.8 Å². The molecule has 1 fully saturated rings. The van der Waals surface area contributed by atoms with Crippen molar-refractivity contribution in [2.45, 2.75) is 6.42 Å². The van der Waals surface area contributed by atoms with Crippen LogP contribution in [0.4, 0.5) is 0 Å². The number of ether oxygens (including phenoxy) is 2. The van der Waals surface area contributed by atoms with E-state index < -0.39 is 0 Å². The van der Waals surface area contributed by atoms with Gasteiger partial charge >= 0.3 is 0 Å². The normalized spacial score (nSPS) is 15.3. The van der Waals surface area contributed by atoms with Gasteiger partial charge in [0, 0.05) is 18.7 Å². The zero-order valence-corrected chi connectivity index (χ0v) is 11.0. The van der Waals surface area contributed by atoms with Gasteiger partial charge in [0.15, 0.2) is 0 Å². The summed E-state index contributed by atoms with van der Waals surface area (Å²) in [6.45, 7) is 3.70. The summed E-state index contributed by atoms with van der Waals surface area (Å²) in [7, 11) is 0. The molecule has 0 radical (unpaired) electrons. The summed E-state index contributed by atoms with van der Waals surface area (Å²) in [5, 5.41) is 0. The average Bonchev–Trinajstić information content (AvgIpc) is 2.48. The molecule has 0 saturated carbocycles. The Bertz CT molecular complexity index is 417. The second-order valence-corrected chi connectivity index (χ2v) is 4.42. The van der Waals surface area contributed by atoms with E-state index in [1.54, 1.807) is 6.07 Å². The maximum atomic E-state index is 12.3. The van der Waals surface area contributed by atoms with Crippen LogP contribution in [0.3, 0.4) is 0 Å². The van der Waals surface area contributed by atoms with Gasteiger partial charge in [0.1, 0.15) is 5.75 Å². The van der Waals surface area contributed by atoms with Crippen LogP contribution in [0.25, 0.3) is 0 Å². The van der Waals surface area contributed by atoms with Crippen molar-refractivity contribution in [1.82, 2.24) is 4.90 Å². The minimum atomic E-state index is 0.0348. The van der Waals surface area contributed by atoms with Gasteiger partial charge in [-0.1, -0.05) is 6.07 Å². The number of carbonyl (C=O) groups excluding carboxylic acids is 1. The molecule has 0 bridgehead atoms. The zero-order chi connectivity index (χ0) is 13.5. The summed E-state index contributed by atoms with van der Waals surface area (Å²) in [5.74, 6) is 0.750. The molecule has 0 spiro atoms. The van der Waals surface area contributed by atoms with Crippen molar-refractivity contribution >= 4 is 5.91 Å². The van der Waals surface area contributed by atoms with Crippen molar-refractivity contribution in [2.75, 3.05) is 39.5 Å². The Labute approximate surface area is 113 Å². The standard InChI is InChI=1S/C14H20N2O3/c15-5-2-8-19-13-4-1-3-12(11-13)14(17)16-6-9-18-10-7-16/h1,3-4,11H,2,5-10,15H2. The number of nitrogens with two attached hydrogens (primary N) is 1. The number of rotatable bonds is 5. The molecular formula is C14H20N2O3. The monoisotopic (exact) mass is 264 g/mol. The molecule has 1 aliphatic rings. The van der Waals surface area contributed by atoms with Crippen LogP contribution >= 0.6 is 0 Å². The van der Waals surface area contributed by atoms with Gasteiger partial charge < -0.3 is 20.1 Å². The van der Waals surface area contributed by atoms with Gasteiger partial charge in [-0.3, -0.25) is 4.79 Å². The first-order chi connectivity index (χ1) is 9.31. The summed E-state index contributed by atoms with van der Waals surface area (Å²) < 4.78 is 10.8. The van der Waals surface area contributed by atoms with Gasteiger partial charge in [0.25, 0.3) is 5.91 Å². The lowest BCUT2D eigenvalue weighted by Gasteiger charge is -2.27. The predicted octanol–water partition coefficient (Wildman–Crippen LogP) is 0.887. The Balaban J connectivity index is 1.98. The number of carbonyl (C=O) groups is 1. The SMILES string of the molecule is NCCCOc1cccc(C(=O)N2CCOCC2)c1. The molecule has 1 aliphatic heterocycles. The van der Waals surface area contributed by atoms with Crippen LogP contribution in [0.15, 0.2) is 24.3 Å². The third-order valence-corrected chi connectivity index (χ3v) is 3.00. The molecule has 2 rings (SSSR count). The first-order valence-corrected chi connectivity index (χ1v) is 6.61. The Hall–Kier alpha value is -1.59. The summed E-state index contributed by atoms with van der Waals surface area (Å²) >= 11 is 0. The fourth-order valence-electron chi connectivity index (χ4n) is 1.94. The van der Waals surface area contributed by atoms with Gasteiger partial charge in [0.2, 0.25) is 0 Å². The molecule has 104 valence electrons. The molecule has 19 heavy (non-hydrogen) atoms. The lowest BCUT2D eigenvalue weighted by Crippen LogP contribution is -2.40. The quantitative estimate of drug-likeness (QED) is 0.802. The summed E-state index contributed by atoms with van der Waals surface area (Å²) in [4.78, 5) is 14.1. The van der Waals surface area contributed by atoms with Gasteiger partial charge in [0.05, 0.1) is 19.8 Å². The highest BCUT2D eigenvalue weighted by molar-refractivity contribution is 5.94. The van der Waals surface area contributed by atoms with E-state index in [1.807, 2.05) is 23.1 Å². The topological polar surface area (TPSA) is 64.8 Å². The Morgan fingerprint density at radius 2 is 2.16 bits per heavy atom. The maximum absolute atomic E-state index is 12.3. The van der Waals surface area contributed by atoms with Crippen molar-refractivity contribution < 1.29 is 14.3 Å². The summed E-state index contributed by atoms with van der Waals surface area (Å²) in [5.41, 5.74) is 6.08. The van der Waals surface area contributed by atoms with E-state index in [2.05, 4.69) is 0 Å². The van der Waals surface area contributed by atoms with Crippen LogP contribution in [-0.4, -0.2) is 50.3 Å². The van der Waals surface area contributed by atoms with Crippen molar-refractivity contribution in [3.8, 4) is 5.75 Å². The van der Waals surface area contributed by atoms with E-state index in [9.17, 15) is 4.79 Å². The molecular weight excluding hydrogens is 244 g/mol. The third kappa shape index (κ3) is 3.94. The lowest BCUT2D eigenvalue weighted by molar-refractivity contribution is 0.0302. The molecule has 1 saturated heterocycles. The molecule has 2 N–H and O–H groups in total. The Morgan fingerprint density at radius 3 is 2.89 bits per heavy atom. The Morgan fingerprint density at radius 1 is 1.37 bits per heavy atom. The first kappa shape index (κ1) is 13.8. The van der Waals surface area contributed by atoms with E-state index in [1.165, 1.54) is 0 Å². The van der Waals surface area contributed by atoms with Crippen LogP contribution in [0, 0.1) is 0 Å². The summed E-state index contributed by atoms with van der Waals surface area (Å²) in [6.07, 6.45) is 0.807. The number of nitrogens with zero attached hydrogens (tertiary/aromatic N) is 1. The second kappa shape index (κ2) is 7.11. The van der Waals surface area contributed by atoms with Crippen LogP contribution < -0.4 is 10.5 Å². The first-order valence-electron chi connectivity index (χ1n) is 6.61. The number of hydrogen-bond acceptors (Lipinski definition) is 4. The van der Waals surface area contributed by atoms with Crippen LogP contribution in [0.5, 0.6) is 5.75 Å². The molecule has 5 nitrogen and oxygen atoms in total. The van der Waals surface area contributed by atoms with E-state index in [0.717, 1.165) is 6.42 Å². The van der Waals surface area contributed by atoms with Gasteiger partial charge in [-0.25, -0.2) is 0 Å².